The predicted molar refractivity (Wildman–Crippen MR) is 87.6 cm³/mol. The fourth-order valence-electron chi connectivity index (χ4n) is 1.98. The first-order chi connectivity index (χ1) is 9.90. The monoisotopic (exact) mass is 369 g/mol. The third-order valence-corrected chi connectivity index (χ3v) is 4.25. The Morgan fingerprint density at radius 2 is 2.00 bits per heavy atom. The van der Waals surface area contributed by atoms with Crippen molar-refractivity contribution < 1.29 is 4.79 Å². The van der Waals surface area contributed by atoms with Crippen LogP contribution in [0.2, 0.25) is 5.02 Å². The van der Waals surface area contributed by atoms with Crippen LogP contribution in [-0.4, -0.2) is 28.1 Å². The van der Waals surface area contributed by atoms with Gasteiger partial charge in [-0.2, -0.15) is 5.10 Å². The summed E-state index contributed by atoms with van der Waals surface area (Å²) in [6, 6.07) is 7.45. The van der Waals surface area contributed by atoms with Gasteiger partial charge in [0.25, 0.3) is 5.91 Å². The lowest BCUT2D eigenvalue weighted by Crippen LogP contribution is -2.26. The van der Waals surface area contributed by atoms with Crippen molar-refractivity contribution in [2.45, 2.75) is 26.3 Å². The molecule has 1 N–H and O–H groups in total. The van der Waals surface area contributed by atoms with Crippen LogP contribution in [0.1, 0.15) is 41.5 Å². The van der Waals surface area contributed by atoms with Crippen molar-refractivity contribution in [1.82, 2.24) is 15.1 Å². The number of aromatic amines is 1. The van der Waals surface area contributed by atoms with E-state index in [0.717, 1.165) is 15.7 Å². The Morgan fingerprint density at radius 1 is 1.38 bits per heavy atom. The molecule has 0 aliphatic carbocycles. The van der Waals surface area contributed by atoms with Crippen molar-refractivity contribution in [3.05, 3.63) is 50.7 Å². The second-order valence-corrected chi connectivity index (χ2v) is 6.47. The molecule has 1 aromatic carbocycles. The zero-order valence-corrected chi connectivity index (χ0v) is 14.5. The largest absolute Gasteiger partial charge is 0.336 e. The van der Waals surface area contributed by atoms with E-state index in [4.69, 9.17) is 11.6 Å². The van der Waals surface area contributed by atoms with Crippen LogP contribution < -0.4 is 0 Å². The molecule has 0 aliphatic heterocycles. The number of amides is 1. The maximum Gasteiger partial charge on any atom is 0.275 e. The Hall–Kier alpha value is -1.33. The minimum atomic E-state index is -0.125. The number of hydrogen-bond donors (Lipinski definition) is 1. The topological polar surface area (TPSA) is 49.0 Å². The van der Waals surface area contributed by atoms with Crippen LogP contribution in [0.3, 0.4) is 0 Å². The number of hydrogen-bond acceptors (Lipinski definition) is 2. The highest BCUT2D eigenvalue weighted by molar-refractivity contribution is 9.10. The third-order valence-electron chi connectivity index (χ3n) is 3.19. The van der Waals surface area contributed by atoms with E-state index < -0.39 is 0 Å². The molecule has 6 heteroatoms. The molecule has 0 aliphatic rings. The highest BCUT2D eigenvalue weighted by Gasteiger charge is 2.22. The first-order valence-corrected chi connectivity index (χ1v) is 7.81. The average Bonchev–Trinajstić information content (AvgIpc) is 2.82. The summed E-state index contributed by atoms with van der Waals surface area (Å²) < 4.78 is 0.741. The first-order valence-electron chi connectivity index (χ1n) is 6.63. The maximum atomic E-state index is 12.5. The lowest BCUT2D eigenvalue weighted by molar-refractivity contribution is 0.0778. The summed E-state index contributed by atoms with van der Waals surface area (Å²) in [5, 5.41) is 7.73. The quantitative estimate of drug-likeness (QED) is 0.876. The molecule has 2 aromatic rings. The van der Waals surface area contributed by atoms with E-state index >= 15 is 0 Å². The second kappa shape index (κ2) is 6.62. The zero-order valence-electron chi connectivity index (χ0n) is 12.2. The summed E-state index contributed by atoms with van der Waals surface area (Å²) >= 11 is 9.32. The third kappa shape index (κ3) is 3.66. The lowest BCUT2D eigenvalue weighted by atomic mass is 10.1. The number of aromatic nitrogens is 2. The summed E-state index contributed by atoms with van der Waals surface area (Å²) in [7, 11) is 1.76. The summed E-state index contributed by atoms with van der Waals surface area (Å²) in [6.07, 6.45) is 0. The van der Waals surface area contributed by atoms with Crippen LogP contribution in [0.4, 0.5) is 0 Å². The molecule has 21 heavy (non-hydrogen) atoms. The first kappa shape index (κ1) is 16.0. The van der Waals surface area contributed by atoms with Crippen molar-refractivity contribution in [2.75, 3.05) is 7.05 Å². The Bertz CT molecular complexity index is 637. The Balaban J connectivity index is 2.14. The van der Waals surface area contributed by atoms with Gasteiger partial charge >= 0.3 is 0 Å². The van der Waals surface area contributed by atoms with Crippen LogP contribution in [0, 0.1) is 0 Å². The minimum Gasteiger partial charge on any atom is -0.336 e. The molecule has 4 nitrogen and oxygen atoms in total. The van der Waals surface area contributed by atoms with E-state index in [0.29, 0.717) is 17.3 Å². The molecule has 0 spiro atoms. The Kier molecular flexibility index (Phi) is 5.06. The van der Waals surface area contributed by atoms with Crippen molar-refractivity contribution in [2.24, 2.45) is 0 Å². The minimum absolute atomic E-state index is 0.125. The average molecular weight is 371 g/mol. The van der Waals surface area contributed by atoms with Crippen LogP contribution in [0.15, 0.2) is 28.7 Å². The molecule has 0 unspecified atom stereocenters. The van der Waals surface area contributed by atoms with Crippen molar-refractivity contribution in [3.63, 3.8) is 0 Å². The molecule has 112 valence electrons. The molecule has 1 amide bonds. The van der Waals surface area contributed by atoms with Gasteiger partial charge in [0, 0.05) is 18.6 Å². The number of benzene rings is 1. The summed E-state index contributed by atoms with van der Waals surface area (Å²) in [4.78, 5) is 14.1. The lowest BCUT2D eigenvalue weighted by Gasteiger charge is -2.16. The van der Waals surface area contributed by atoms with E-state index in [9.17, 15) is 4.79 Å². The van der Waals surface area contributed by atoms with Gasteiger partial charge in [0.05, 0.1) is 10.2 Å². The number of nitrogens with zero attached hydrogens (tertiary/aromatic N) is 2. The van der Waals surface area contributed by atoms with Gasteiger partial charge in [-0.15, -0.1) is 0 Å². The van der Waals surface area contributed by atoms with Gasteiger partial charge in [-0.1, -0.05) is 37.6 Å². The molecule has 2 rings (SSSR count). The molecule has 0 radical (unpaired) electrons. The van der Waals surface area contributed by atoms with Crippen molar-refractivity contribution in [3.8, 4) is 0 Å². The fraction of sp³-hybridized carbons (Fsp3) is 0.333. The van der Waals surface area contributed by atoms with Crippen LogP contribution in [-0.2, 0) is 6.54 Å². The standard InChI is InChI=1S/C15H17BrClN3O/c1-9(2)13-12(16)14(19-18-13)15(21)20(3)8-10-4-6-11(17)7-5-10/h4-7,9H,8H2,1-3H3,(H,18,19). The molecular formula is C15H17BrClN3O. The molecule has 0 saturated carbocycles. The number of rotatable bonds is 4. The van der Waals surface area contributed by atoms with Crippen molar-refractivity contribution in [1.29, 1.82) is 0 Å². The normalized spacial score (nSPS) is 11.0. The molecule has 0 fully saturated rings. The summed E-state index contributed by atoms with van der Waals surface area (Å²) in [5.41, 5.74) is 2.36. The number of carbonyl (C=O) groups excluding carboxylic acids is 1. The van der Waals surface area contributed by atoms with E-state index in [1.165, 1.54) is 0 Å². The number of H-pyrrole nitrogens is 1. The Morgan fingerprint density at radius 3 is 2.52 bits per heavy atom. The molecule has 0 saturated heterocycles. The summed E-state index contributed by atoms with van der Waals surface area (Å²) in [6.45, 7) is 4.60. The van der Waals surface area contributed by atoms with E-state index in [-0.39, 0.29) is 11.8 Å². The van der Waals surface area contributed by atoms with E-state index in [1.54, 1.807) is 11.9 Å². The predicted octanol–water partition coefficient (Wildman–Crippen LogP) is 4.22. The van der Waals surface area contributed by atoms with Crippen LogP contribution in [0.5, 0.6) is 0 Å². The molecule has 1 heterocycles. The number of nitrogens with one attached hydrogen (secondary N) is 1. The molecule has 0 bridgehead atoms. The van der Waals surface area contributed by atoms with Gasteiger partial charge < -0.3 is 4.90 Å². The SMILES string of the molecule is CC(C)c1[nH]nc(C(=O)N(C)Cc2ccc(Cl)cc2)c1Br. The van der Waals surface area contributed by atoms with Gasteiger partial charge in [-0.25, -0.2) is 0 Å². The van der Waals surface area contributed by atoms with Crippen LogP contribution >= 0.6 is 27.5 Å². The van der Waals surface area contributed by atoms with E-state index in [2.05, 4.69) is 26.1 Å². The number of carbonyl (C=O) groups is 1. The molecular weight excluding hydrogens is 354 g/mol. The molecule has 0 atom stereocenters. The zero-order chi connectivity index (χ0) is 15.6. The fourth-order valence-corrected chi connectivity index (χ4v) is 2.91. The second-order valence-electron chi connectivity index (χ2n) is 5.24. The van der Waals surface area contributed by atoms with Gasteiger partial charge in [-0.3, -0.25) is 9.89 Å². The highest BCUT2D eigenvalue weighted by atomic mass is 79.9. The van der Waals surface area contributed by atoms with Gasteiger partial charge in [-0.05, 0) is 39.5 Å². The van der Waals surface area contributed by atoms with Gasteiger partial charge in [0.15, 0.2) is 5.69 Å². The van der Waals surface area contributed by atoms with E-state index in [1.807, 2.05) is 38.1 Å². The van der Waals surface area contributed by atoms with Gasteiger partial charge in [0.2, 0.25) is 0 Å². The van der Waals surface area contributed by atoms with Crippen LogP contribution in [0.25, 0.3) is 0 Å². The number of halogens is 2. The Labute approximate surface area is 137 Å². The van der Waals surface area contributed by atoms with Gasteiger partial charge in [0.1, 0.15) is 0 Å². The smallest absolute Gasteiger partial charge is 0.275 e. The summed E-state index contributed by atoms with van der Waals surface area (Å²) in [5.74, 6) is 0.148. The highest BCUT2D eigenvalue weighted by Crippen LogP contribution is 2.26. The van der Waals surface area contributed by atoms with Crippen molar-refractivity contribution >= 4 is 33.4 Å². The maximum absolute atomic E-state index is 12.5. The molecule has 1 aromatic heterocycles.